The largest absolute Gasteiger partial charge is 0.387 e. The van der Waals surface area contributed by atoms with Crippen LogP contribution in [0.4, 0.5) is 0 Å². The van der Waals surface area contributed by atoms with E-state index >= 15 is 0 Å². The molecule has 0 radical (unpaired) electrons. The van der Waals surface area contributed by atoms with Crippen molar-refractivity contribution >= 4 is 0 Å². The summed E-state index contributed by atoms with van der Waals surface area (Å²) < 4.78 is 5.27. The number of hydrogen-bond acceptors (Lipinski definition) is 5. The van der Waals surface area contributed by atoms with Gasteiger partial charge in [0.2, 0.25) is 5.89 Å². The fraction of sp³-hybridized carbons (Fsp3) is 0.529. The molecule has 0 aliphatic rings. The van der Waals surface area contributed by atoms with Gasteiger partial charge in [-0.15, -0.1) is 0 Å². The predicted molar refractivity (Wildman–Crippen MR) is 85.4 cm³/mol. The number of aryl methyl sites for hydroxylation is 2. The normalized spacial score (nSPS) is 12.8. The fourth-order valence-corrected chi connectivity index (χ4v) is 2.31. The molecule has 120 valence electrons. The van der Waals surface area contributed by atoms with E-state index in [1.54, 1.807) is 0 Å². The van der Waals surface area contributed by atoms with Crippen LogP contribution >= 0.6 is 0 Å². The van der Waals surface area contributed by atoms with E-state index in [1.807, 2.05) is 31.2 Å². The van der Waals surface area contributed by atoms with Gasteiger partial charge in [0.1, 0.15) is 0 Å². The molecular formula is C17H25N3O2. The molecule has 1 N–H and O–H groups in total. The standard InChI is InChI=1S/C17H25N3O2/c1-4-6-16-18-17(22-19-16)12-20(5-2)11-15(21)14-9-7-13(3)8-10-14/h7-10,15,21H,4-6,11-12H2,1-3H3. The van der Waals surface area contributed by atoms with Gasteiger partial charge >= 0.3 is 0 Å². The Hall–Kier alpha value is -1.72. The van der Waals surface area contributed by atoms with Crippen molar-refractivity contribution in [3.05, 3.63) is 47.1 Å². The van der Waals surface area contributed by atoms with Crippen LogP contribution in [0.1, 0.15) is 49.2 Å². The Morgan fingerprint density at radius 2 is 1.95 bits per heavy atom. The molecule has 0 aliphatic heterocycles. The zero-order valence-corrected chi connectivity index (χ0v) is 13.6. The third kappa shape index (κ3) is 4.64. The van der Waals surface area contributed by atoms with Gasteiger partial charge in [-0.2, -0.15) is 4.98 Å². The first-order chi connectivity index (χ1) is 10.6. The lowest BCUT2D eigenvalue weighted by Gasteiger charge is -2.22. The Labute approximate surface area is 132 Å². The molecule has 5 nitrogen and oxygen atoms in total. The van der Waals surface area contributed by atoms with Crippen LogP contribution in [0, 0.1) is 6.92 Å². The van der Waals surface area contributed by atoms with Gasteiger partial charge in [-0.05, 0) is 25.5 Å². The van der Waals surface area contributed by atoms with Crippen LogP contribution in [-0.2, 0) is 13.0 Å². The van der Waals surface area contributed by atoms with E-state index in [0.29, 0.717) is 19.0 Å². The van der Waals surface area contributed by atoms with Gasteiger partial charge in [0.15, 0.2) is 5.82 Å². The Morgan fingerprint density at radius 3 is 2.59 bits per heavy atom. The molecule has 1 aromatic carbocycles. The van der Waals surface area contributed by atoms with Crippen LogP contribution in [0.15, 0.2) is 28.8 Å². The molecule has 0 amide bonds. The topological polar surface area (TPSA) is 62.4 Å². The number of aliphatic hydroxyl groups is 1. The summed E-state index contributed by atoms with van der Waals surface area (Å²) in [7, 11) is 0. The molecule has 1 aromatic heterocycles. The highest BCUT2D eigenvalue weighted by Crippen LogP contribution is 2.16. The van der Waals surface area contributed by atoms with E-state index in [1.165, 1.54) is 5.56 Å². The second kappa shape index (κ2) is 8.06. The molecule has 5 heteroatoms. The summed E-state index contributed by atoms with van der Waals surface area (Å²) in [6.45, 7) is 8.12. The van der Waals surface area contributed by atoms with Crippen molar-refractivity contribution in [1.82, 2.24) is 15.0 Å². The van der Waals surface area contributed by atoms with Crippen molar-refractivity contribution in [1.29, 1.82) is 0 Å². The Balaban J connectivity index is 1.94. The zero-order valence-electron chi connectivity index (χ0n) is 13.6. The highest BCUT2D eigenvalue weighted by atomic mass is 16.5. The van der Waals surface area contributed by atoms with Crippen molar-refractivity contribution < 1.29 is 9.63 Å². The first kappa shape index (κ1) is 16.6. The number of hydrogen-bond donors (Lipinski definition) is 1. The molecule has 0 saturated carbocycles. The summed E-state index contributed by atoms with van der Waals surface area (Å²) in [5.41, 5.74) is 2.12. The molecule has 0 spiro atoms. The lowest BCUT2D eigenvalue weighted by Crippen LogP contribution is -2.28. The van der Waals surface area contributed by atoms with Crippen molar-refractivity contribution in [3.63, 3.8) is 0 Å². The molecule has 0 saturated heterocycles. The van der Waals surface area contributed by atoms with Crippen LogP contribution in [0.5, 0.6) is 0 Å². The first-order valence-corrected chi connectivity index (χ1v) is 7.90. The number of nitrogens with zero attached hydrogens (tertiary/aromatic N) is 3. The SMILES string of the molecule is CCCc1noc(CN(CC)CC(O)c2ccc(C)cc2)n1. The van der Waals surface area contributed by atoms with E-state index in [9.17, 15) is 5.11 Å². The third-order valence-electron chi connectivity index (χ3n) is 3.68. The lowest BCUT2D eigenvalue weighted by atomic mass is 10.1. The lowest BCUT2D eigenvalue weighted by molar-refractivity contribution is 0.105. The van der Waals surface area contributed by atoms with E-state index in [2.05, 4.69) is 28.9 Å². The second-order valence-corrected chi connectivity index (χ2v) is 5.61. The summed E-state index contributed by atoms with van der Waals surface area (Å²) in [5.74, 6) is 1.37. The van der Waals surface area contributed by atoms with Gasteiger partial charge in [-0.1, -0.05) is 48.8 Å². The Morgan fingerprint density at radius 1 is 1.23 bits per heavy atom. The number of benzene rings is 1. The monoisotopic (exact) mass is 303 g/mol. The summed E-state index contributed by atoms with van der Waals surface area (Å²) >= 11 is 0. The maximum Gasteiger partial charge on any atom is 0.240 e. The molecule has 2 rings (SSSR count). The van der Waals surface area contributed by atoms with Crippen LogP contribution in [0.25, 0.3) is 0 Å². The van der Waals surface area contributed by atoms with Crippen LogP contribution < -0.4 is 0 Å². The average Bonchev–Trinajstić information content (AvgIpc) is 2.94. The van der Waals surface area contributed by atoms with Crippen LogP contribution in [0.2, 0.25) is 0 Å². The summed E-state index contributed by atoms with van der Waals surface area (Å²) in [4.78, 5) is 6.48. The van der Waals surface area contributed by atoms with E-state index < -0.39 is 6.10 Å². The van der Waals surface area contributed by atoms with Crippen LogP contribution in [-0.4, -0.2) is 33.2 Å². The maximum atomic E-state index is 10.4. The Bertz CT molecular complexity index is 566. The van der Waals surface area contributed by atoms with E-state index in [0.717, 1.165) is 30.8 Å². The summed E-state index contributed by atoms with van der Waals surface area (Å²) in [6, 6.07) is 7.98. The maximum absolute atomic E-state index is 10.4. The number of rotatable bonds is 8. The molecule has 1 unspecified atom stereocenters. The van der Waals surface area contributed by atoms with Gasteiger partial charge < -0.3 is 9.63 Å². The molecule has 0 bridgehead atoms. The zero-order chi connectivity index (χ0) is 15.9. The van der Waals surface area contributed by atoms with Gasteiger partial charge in [-0.3, -0.25) is 4.90 Å². The van der Waals surface area contributed by atoms with Crippen molar-refractivity contribution in [3.8, 4) is 0 Å². The first-order valence-electron chi connectivity index (χ1n) is 7.90. The molecular weight excluding hydrogens is 278 g/mol. The van der Waals surface area contributed by atoms with E-state index in [4.69, 9.17) is 4.52 Å². The van der Waals surface area contributed by atoms with Gasteiger partial charge in [-0.25, -0.2) is 0 Å². The average molecular weight is 303 g/mol. The van der Waals surface area contributed by atoms with Crippen molar-refractivity contribution in [2.45, 2.75) is 46.3 Å². The highest BCUT2D eigenvalue weighted by Gasteiger charge is 2.15. The minimum atomic E-state index is -0.515. The van der Waals surface area contributed by atoms with Crippen molar-refractivity contribution in [2.24, 2.45) is 0 Å². The number of aromatic nitrogens is 2. The molecule has 0 fully saturated rings. The predicted octanol–water partition coefficient (Wildman–Crippen LogP) is 2.89. The second-order valence-electron chi connectivity index (χ2n) is 5.61. The molecule has 22 heavy (non-hydrogen) atoms. The van der Waals surface area contributed by atoms with Gasteiger partial charge in [0.25, 0.3) is 0 Å². The van der Waals surface area contributed by atoms with Gasteiger partial charge in [0.05, 0.1) is 12.6 Å². The molecule has 2 aromatic rings. The summed E-state index contributed by atoms with van der Waals surface area (Å²) in [5, 5.41) is 14.3. The fourth-order valence-electron chi connectivity index (χ4n) is 2.31. The molecule has 0 aliphatic carbocycles. The number of aliphatic hydroxyl groups excluding tert-OH is 1. The smallest absolute Gasteiger partial charge is 0.240 e. The summed E-state index contributed by atoms with van der Waals surface area (Å²) in [6.07, 6.45) is 1.32. The van der Waals surface area contributed by atoms with Crippen LogP contribution in [0.3, 0.4) is 0 Å². The van der Waals surface area contributed by atoms with Gasteiger partial charge in [0, 0.05) is 13.0 Å². The third-order valence-corrected chi connectivity index (χ3v) is 3.68. The minimum absolute atomic E-state index is 0.515. The Kier molecular flexibility index (Phi) is 6.10. The quantitative estimate of drug-likeness (QED) is 0.812. The highest BCUT2D eigenvalue weighted by molar-refractivity contribution is 5.23. The van der Waals surface area contributed by atoms with Crippen molar-refractivity contribution in [2.75, 3.05) is 13.1 Å². The minimum Gasteiger partial charge on any atom is -0.387 e. The number of likely N-dealkylation sites (N-methyl/N-ethyl adjacent to an activating group) is 1. The molecule has 1 heterocycles. The van der Waals surface area contributed by atoms with E-state index in [-0.39, 0.29) is 0 Å². The molecule has 1 atom stereocenters.